The average molecular weight is 499 g/mol. The van der Waals surface area contributed by atoms with E-state index in [2.05, 4.69) is 15.7 Å². The molecule has 0 unspecified atom stereocenters. The van der Waals surface area contributed by atoms with Crippen LogP contribution < -0.4 is 24.4 Å². The van der Waals surface area contributed by atoms with Crippen LogP contribution >= 0.6 is 0 Å². The predicted molar refractivity (Wildman–Crippen MR) is 126 cm³/mol. The zero-order valence-corrected chi connectivity index (χ0v) is 19.9. The first kappa shape index (κ1) is 24.6. The summed E-state index contributed by atoms with van der Waals surface area (Å²) < 4.78 is 27.4. The number of fused-ring (bicyclic) bond motifs is 1. The third kappa shape index (κ3) is 4.83. The van der Waals surface area contributed by atoms with Gasteiger partial charge in [-0.25, -0.2) is 10.2 Å². The highest BCUT2D eigenvalue weighted by Gasteiger charge is 2.34. The minimum atomic E-state index is -0.607. The molecule has 0 bridgehead atoms. The molecule has 2 aromatic carbocycles. The predicted octanol–water partition coefficient (Wildman–Crippen LogP) is 2.15. The molecule has 2 aliphatic rings. The number of oxime groups is 1. The van der Waals surface area contributed by atoms with Crippen LogP contribution in [0.25, 0.3) is 0 Å². The average Bonchev–Trinajstić information content (AvgIpc) is 3.54. The van der Waals surface area contributed by atoms with Crippen molar-refractivity contribution in [3.8, 4) is 28.7 Å². The maximum Gasteiger partial charge on any atom is 0.356 e. The number of nitrogens with one attached hydrogen (secondary N) is 1. The molecule has 1 amide bonds. The summed E-state index contributed by atoms with van der Waals surface area (Å²) in [7, 11) is 2.93. The van der Waals surface area contributed by atoms with Gasteiger partial charge in [-0.3, -0.25) is 4.79 Å². The van der Waals surface area contributed by atoms with Gasteiger partial charge in [-0.15, -0.1) is 0 Å². The van der Waals surface area contributed by atoms with Gasteiger partial charge < -0.3 is 33.6 Å². The fourth-order valence-corrected chi connectivity index (χ4v) is 3.87. The minimum absolute atomic E-state index is 0.0395. The number of ether oxygens (including phenoxy) is 5. The number of methoxy groups -OCH3 is 2. The first-order valence-electron chi connectivity index (χ1n) is 11.1. The normalized spacial score (nSPS) is 15.9. The van der Waals surface area contributed by atoms with Crippen molar-refractivity contribution in [2.45, 2.75) is 25.9 Å². The van der Waals surface area contributed by atoms with Gasteiger partial charge in [0, 0.05) is 24.0 Å². The van der Waals surface area contributed by atoms with E-state index in [1.165, 1.54) is 32.6 Å². The van der Waals surface area contributed by atoms with E-state index in [-0.39, 0.29) is 43.3 Å². The number of aromatic hydroxyl groups is 1. The Morgan fingerprint density at radius 3 is 2.61 bits per heavy atom. The monoisotopic (exact) mass is 499 g/mol. The summed E-state index contributed by atoms with van der Waals surface area (Å²) in [4.78, 5) is 30.0. The summed E-state index contributed by atoms with van der Waals surface area (Å²) in [6.45, 7) is 1.89. The van der Waals surface area contributed by atoms with E-state index >= 15 is 0 Å². The van der Waals surface area contributed by atoms with Crippen LogP contribution in [0.4, 0.5) is 0 Å². The molecule has 0 saturated carbocycles. The maximum atomic E-state index is 12.5. The molecule has 4 rings (SSSR count). The lowest BCUT2D eigenvalue weighted by Crippen LogP contribution is -2.20. The molecule has 2 N–H and O–H groups in total. The number of hydrogen-bond donors (Lipinski definition) is 2. The second-order valence-corrected chi connectivity index (χ2v) is 7.63. The lowest BCUT2D eigenvalue weighted by atomic mass is 9.96. The quantitative estimate of drug-likeness (QED) is 0.301. The summed E-state index contributed by atoms with van der Waals surface area (Å²) >= 11 is 0. The Kier molecular flexibility index (Phi) is 7.42. The van der Waals surface area contributed by atoms with E-state index in [1.54, 1.807) is 19.1 Å². The molecule has 12 nitrogen and oxygen atoms in total. The van der Waals surface area contributed by atoms with E-state index < -0.39 is 18.0 Å². The first-order valence-corrected chi connectivity index (χ1v) is 11.1. The van der Waals surface area contributed by atoms with Crippen LogP contribution in [0.5, 0.6) is 28.7 Å². The van der Waals surface area contributed by atoms with Crippen molar-refractivity contribution in [2.24, 2.45) is 10.3 Å². The molecule has 2 heterocycles. The third-order valence-electron chi connectivity index (χ3n) is 5.46. The number of rotatable bonds is 9. The van der Waals surface area contributed by atoms with Crippen LogP contribution in [0.2, 0.25) is 0 Å². The molecule has 0 spiro atoms. The standard InChI is InChI=1S/C24H25N3O9/c1-4-33-24(30)17-10-13(36-27-17)9-15-16(11-25-26-23(29)14-7-5-6-8-18(14)28)20(32-3)22-21(19(15)31-2)34-12-35-22/h5-8,11,13,28H,4,9-10,12H2,1-3H3,(H,26,29)/b25-11+/t13-/m0/s1. The smallest absolute Gasteiger partial charge is 0.356 e. The van der Waals surface area contributed by atoms with Gasteiger partial charge in [0.25, 0.3) is 5.91 Å². The summed E-state index contributed by atoms with van der Waals surface area (Å²) in [5, 5.41) is 17.8. The topological polar surface area (TPSA) is 146 Å². The lowest BCUT2D eigenvalue weighted by molar-refractivity contribution is -0.135. The molecule has 12 heteroatoms. The number of benzene rings is 2. The number of phenols is 1. The Hall–Kier alpha value is -4.48. The van der Waals surface area contributed by atoms with Gasteiger partial charge in [-0.2, -0.15) is 5.10 Å². The van der Waals surface area contributed by atoms with Gasteiger partial charge in [-0.1, -0.05) is 17.3 Å². The van der Waals surface area contributed by atoms with E-state index in [9.17, 15) is 14.7 Å². The SMILES string of the molecule is CCOC(=O)C1=NO[C@@H](Cc2c(/C=N/NC(=O)c3ccccc3O)c(OC)c3c(c2OC)OCO3)C1. The van der Waals surface area contributed by atoms with Crippen molar-refractivity contribution >= 4 is 23.8 Å². The molecule has 2 aliphatic heterocycles. The van der Waals surface area contributed by atoms with Crippen LogP contribution in [0.3, 0.4) is 0 Å². The van der Waals surface area contributed by atoms with Crippen molar-refractivity contribution in [2.75, 3.05) is 27.6 Å². The number of nitrogens with zero attached hydrogens (tertiary/aromatic N) is 2. The Labute approximate surface area is 206 Å². The Morgan fingerprint density at radius 1 is 1.19 bits per heavy atom. The largest absolute Gasteiger partial charge is 0.507 e. The van der Waals surface area contributed by atoms with Crippen molar-refractivity contribution < 1.29 is 43.2 Å². The highest BCUT2D eigenvalue weighted by Crippen LogP contribution is 2.52. The number of esters is 1. The van der Waals surface area contributed by atoms with Crippen molar-refractivity contribution in [1.82, 2.24) is 5.43 Å². The van der Waals surface area contributed by atoms with Crippen molar-refractivity contribution in [3.63, 3.8) is 0 Å². The molecule has 0 aliphatic carbocycles. The Bertz CT molecular complexity index is 1230. The van der Waals surface area contributed by atoms with Gasteiger partial charge in [0.15, 0.2) is 17.2 Å². The zero-order valence-electron chi connectivity index (χ0n) is 19.9. The van der Waals surface area contributed by atoms with E-state index in [1.807, 2.05) is 0 Å². The van der Waals surface area contributed by atoms with Crippen molar-refractivity contribution in [1.29, 1.82) is 0 Å². The van der Waals surface area contributed by atoms with E-state index in [0.717, 1.165) is 0 Å². The number of carbonyl (C=O) groups excluding carboxylic acids is 2. The third-order valence-corrected chi connectivity index (χ3v) is 5.46. The molecule has 0 aromatic heterocycles. The summed E-state index contributed by atoms with van der Waals surface area (Å²) in [5.74, 6) is 0.0251. The van der Waals surface area contributed by atoms with Gasteiger partial charge in [0.1, 0.15) is 11.9 Å². The van der Waals surface area contributed by atoms with Crippen LogP contribution in [0, 0.1) is 0 Å². The lowest BCUT2D eigenvalue weighted by Gasteiger charge is -2.19. The number of hydrazone groups is 1. The van der Waals surface area contributed by atoms with Crippen LogP contribution in [-0.4, -0.2) is 62.6 Å². The second-order valence-electron chi connectivity index (χ2n) is 7.63. The summed E-state index contributed by atoms with van der Waals surface area (Å²) in [5.41, 5.74) is 3.64. The molecule has 1 atom stereocenters. The molecular formula is C24H25N3O9. The van der Waals surface area contributed by atoms with Gasteiger partial charge in [0.05, 0.1) is 32.6 Å². The van der Waals surface area contributed by atoms with Crippen LogP contribution in [-0.2, 0) is 20.8 Å². The summed E-state index contributed by atoms with van der Waals surface area (Å²) in [6.07, 6.45) is 1.32. The fourth-order valence-electron chi connectivity index (χ4n) is 3.87. The molecular weight excluding hydrogens is 474 g/mol. The molecule has 2 aromatic rings. The maximum absolute atomic E-state index is 12.5. The van der Waals surface area contributed by atoms with Gasteiger partial charge in [-0.05, 0) is 19.1 Å². The first-order chi connectivity index (χ1) is 17.5. The molecule has 0 radical (unpaired) electrons. The molecule has 36 heavy (non-hydrogen) atoms. The van der Waals surface area contributed by atoms with Gasteiger partial charge in [0.2, 0.25) is 18.3 Å². The van der Waals surface area contributed by atoms with Gasteiger partial charge >= 0.3 is 5.97 Å². The summed E-state index contributed by atoms with van der Waals surface area (Å²) in [6, 6.07) is 6.09. The molecule has 0 saturated heterocycles. The van der Waals surface area contributed by atoms with Crippen LogP contribution in [0.15, 0.2) is 34.5 Å². The number of hydrogen-bond acceptors (Lipinski definition) is 11. The molecule has 190 valence electrons. The van der Waals surface area contributed by atoms with E-state index in [0.29, 0.717) is 34.1 Å². The molecule has 0 fully saturated rings. The number of para-hydroxylation sites is 1. The fraction of sp³-hybridized carbons (Fsp3) is 0.333. The van der Waals surface area contributed by atoms with Crippen LogP contribution in [0.1, 0.15) is 34.8 Å². The highest BCUT2D eigenvalue weighted by molar-refractivity contribution is 6.36. The number of phenolic OH excluding ortho intramolecular Hbond substituents is 1. The zero-order chi connectivity index (χ0) is 25.7. The number of amides is 1. The number of carbonyl (C=O) groups is 2. The second kappa shape index (κ2) is 10.8. The van der Waals surface area contributed by atoms with Crippen molar-refractivity contribution in [3.05, 3.63) is 41.0 Å². The minimum Gasteiger partial charge on any atom is -0.507 e. The van der Waals surface area contributed by atoms with E-state index in [4.69, 9.17) is 28.5 Å². The Balaban J connectivity index is 1.65. The Morgan fingerprint density at radius 2 is 1.92 bits per heavy atom. The highest BCUT2D eigenvalue weighted by atomic mass is 16.7.